The van der Waals surface area contributed by atoms with Gasteiger partial charge in [0.2, 0.25) is 6.41 Å². The number of likely N-dealkylation sites (tertiary alicyclic amines) is 1. The maximum Gasteiger partial charge on any atom is 0.209 e. The molecule has 0 aromatic heterocycles. The third kappa shape index (κ3) is 0.754. The summed E-state index contributed by atoms with van der Waals surface area (Å²) in [7, 11) is 0. The quantitative estimate of drug-likeness (QED) is 0.328. The zero-order valence-electron chi connectivity index (χ0n) is 5.49. The molecule has 2 atom stereocenters. The molecule has 1 amide bonds. The molecule has 2 rings (SSSR count). The van der Waals surface area contributed by atoms with E-state index in [0.717, 1.165) is 25.9 Å². The Hall–Kier alpha value is -0.220. The van der Waals surface area contributed by atoms with Gasteiger partial charge >= 0.3 is 0 Å². The van der Waals surface area contributed by atoms with Crippen LogP contribution in [0, 0.1) is 0 Å². The second-order valence-electron chi connectivity index (χ2n) is 2.86. The molecule has 0 aliphatic carbocycles. The van der Waals surface area contributed by atoms with Crippen LogP contribution >= 0.6 is 12.6 Å². The Morgan fingerprint density at radius 3 is 2.80 bits per heavy atom. The lowest BCUT2D eigenvalue weighted by Gasteiger charge is -2.05. The minimum atomic E-state index is -0.0655. The number of rotatable bonds is 1. The van der Waals surface area contributed by atoms with Gasteiger partial charge in [-0.2, -0.15) is 0 Å². The van der Waals surface area contributed by atoms with Gasteiger partial charge in [0.25, 0.3) is 0 Å². The minimum Gasteiger partial charge on any atom is -0.353 e. The summed E-state index contributed by atoms with van der Waals surface area (Å²) in [6.45, 7) is 1.55. The van der Waals surface area contributed by atoms with Crippen molar-refractivity contribution in [3.05, 3.63) is 0 Å². The Labute approximate surface area is 64.7 Å². The Morgan fingerprint density at radius 2 is 2.50 bits per heavy atom. The average molecular weight is 159 g/mol. The fraction of sp³-hybridized carbons (Fsp3) is 0.833. The van der Waals surface area contributed by atoms with E-state index in [1.807, 2.05) is 0 Å². The van der Waals surface area contributed by atoms with Crippen molar-refractivity contribution in [1.29, 1.82) is 0 Å². The first kappa shape index (κ1) is 6.49. The number of carbonyl (C=O) groups excluding carboxylic acids is 1. The van der Waals surface area contributed by atoms with Gasteiger partial charge in [0, 0.05) is 6.54 Å². The number of carbonyl (C=O) groups is 1. The van der Waals surface area contributed by atoms with Gasteiger partial charge < -0.3 is 9.64 Å². The van der Waals surface area contributed by atoms with Gasteiger partial charge in [-0.1, -0.05) is 0 Å². The SMILES string of the molecule is O=CN1CCC2(C1)OC2S. The van der Waals surface area contributed by atoms with Gasteiger partial charge in [0.05, 0.1) is 6.54 Å². The summed E-state index contributed by atoms with van der Waals surface area (Å²) in [5.41, 5.74) is 0.00163. The summed E-state index contributed by atoms with van der Waals surface area (Å²) in [6, 6.07) is 0. The van der Waals surface area contributed by atoms with Crippen molar-refractivity contribution in [2.45, 2.75) is 17.5 Å². The summed E-state index contributed by atoms with van der Waals surface area (Å²) in [6.07, 6.45) is 1.82. The van der Waals surface area contributed by atoms with Gasteiger partial charge in [0.15, 0.2) is 0 Å². The summed E-state index contributed by atoms with van der Waals surface area (Å²) >= 11 is 4.17. The molecule has 0 bridgehead atoms. The third-order valence-corrected chi connectivity index (χ3v) is 2.76. The highest BCUT2D eigenvalue weighted by Gasteiger charge is 2.58. The molecular weight excluding hydrogens is 150 g/mol. The molecule has 2 unspecified atom stereocenters. The van der Waals surface area contributed by atoms with Crippen molar-refractivity contribution in [3.63, 3.8) is 0 Å². The van der Waals surface area contributed by atoms with Gasteiger partial charge in [-0.05, 0) is 6.42 Å². The summed E-state index contributed by atoms with van der Waals surface area (Å²) in [5.74, 6) is 0. The number of thiol groups is 1. The highest BCUT2D eigenvalue weighted by molar-refractivity contribution is 7.81. The van der Waals surface area contributed by atoms with Crippen LogP contribution in [0.5, 0.6) is 0 Å². The van der Waals surface area contributed by atoms with E-state index in [9.17, 15) is 4.79 Å². The van der Waals surface area contributed by atoms with Crippen molar-refractivity contribution in [1.82, 2.24) is 4.90 Å². The molecule has 2 fully saturated rings. The third-order valence-electron chi connectivity index (χ3n) is 2.18. The summed E-state index contributed by atoms with van der Waals surface area (Å²) in [4.78, 5) is 12.0. The molecule has 2 saturated heterocycles. The van der Waals surface area contributed by atoms with E-state index in [-0.39, 0.29) is 11.0 Å². The van der Waals surface area contributed by atoms with Crippen LogP contribution in [0.25, 0.3) is 0 Å². The molecule has 4 heteroatoms. The van der Waals surface area contributed by atoms with Crippen LogP contribution < -0.4 is 0 Å². The van der Waals surface area contributed by atoms with Crippen molar-refractivity contribution in [2.75, 3.05) is 13.1 Å². The highest BCUT2D eigenvalue weighted by atomic mass is 32.1. The Balaban J connectivity index is 2.00. The van der Waals surface area contributed by atoms with Gasteiger partial charge in [-0.3, -0.25) is 4.79 Å². The minimum absolute atomic E-state index is 0.0655. The van der Waals surface area contributed by atoms with E-state index in [4.69, 9.17) is 4.74 Å². The molecule has 0 radical (unpaired) electrons. The zero-order valence-corrected chi connectivity index (χ0v) is 6.38. The second kappa shape index (κ2) is 1.89. The fourth-order valence-corrected chi connectivity index (χ4v) is 1.83. The van der Waals surface area contributed by atoms with E-state index in [2.05, 4.69) is 12.6 Å². The van der Waals surface area contributed by atoms with E-state index in [1.165, 1.54) is 0 Å². The van der Waals surface area contributed by atoms with E-state index in [1.54, 1.807) is 4.90 Å². The van der Waals surface area contributed by atoms with Crippen LogP contribution in [-0.2, 0) is 9.53 Å². The van der Waals surface area contributed by atoms with E-state index >= 15 is 0 Å². The molecule has 0 saturated carbocycles. The second-order valence-corrected chi connectivity index (χ2v) is 3.33. The predicted molar refractivity (Wildman–Crippen MR) is 38.8 cm³/mol. The number of ether oxygens (including phenoxy) is 1. The van der Waals surface area contributed by atoms with Crippen molar-refractivity contribution in [2.24, 2.45) is 0 Å². The summed E-state index contributed by atoms with van der Waals surface area (Å²) in [5, 5.41) is 0. The number of hydrogen-bond acceptors (Lipinski definition) is 3. The molecule has 0 aromatic rings. The fourth-order valence-electron chi connectivity index (χ4n) is 1.41. The molecule has 0 N–H and O–H groups in total. The molecule has 10 heavy (non-hydrogen) atoms. The Bertz CT molecular complexity index is 175. The van der Waals surface area contributed by atoms with Crippen molar-refractivity contribution < 1.29 is 9.53 Å². The normalized spacial score (nSPS) is 44.5. The largest absolute Gasteiger partial charge is 0.353 e. The lowest BCUT2D eigenvalue weighted by Crippen LogP contribution is -2.22. The molecule has 1 spiro atoms. The topological polar surface area (TPSA) is 32.8 Å². The molecule has 0 aromatic carbocycles. The van der Waals surface area contributed by atoms with Crippen LogP contribution in [0.1, 0.15) is 6.42 Å². The van der Waals surface area contributed by atoms with Gasteiger partial charge in [0.1, 0.15) is 11.0 Å². The smallest absolute Gasteiger partial charge is 0.209 e. The Kier molecular flexibility index (Phi) is 1.22. The number of epoxide rings is 1. The van der Waals surface area contributed by atoms with E-state index in [0.29, 0.717) is 0 Å². The molecule has 3 nitrogen and oxygen atoms in total. The standard InChI is InChI=1S/C6H9NO2S/c8-4-7-2-1-6(3-7)5(10)9-6/h4-5,10H,1-3H2. The highest BCUT2D eigenvalue weighted by Crippen LogP contribution is 2.45. The van der Waals surface area contributed by atoms with Crippen LogP contribution in [-0.4, -0.2) is 35.4 Å². The lowest BCUT2D eigenvalue weighted by atomic mass is 10.1. The van der Waals surface area contributed by atoms with Crippen LogP contribution in [0.3, 0.4) is 0 Å². The monoisotopic (exact) mass is 159 g/mol. The first-order chi connectivity index (χ1) is 4.77. The Morgan fingerprint density at radius 1 is 1.80 bits per heavy atom. The average Bonchev–Trinajstić information content (AvgIpc) is 2.43. The molecular formula is C6H9NO2S. The number of amides is 1. The summed E-state index contributed by atoms with van der Waals surface area (Å²) < 4.78 is 5.26. The van der Waals surface area contributed by atoms with Crippen molar-refractivity contribution in [3.8, 4) is 0 Å². The van der Waals surface area contributed by atoms with Gasteiger partial charge in [-0.25, -0.2) is 0 Å². The maximum atomic E-state index is 10.3. The van der Waals surface area contributed by atoms with E-state index < -0.39 is 0 Å². The van der Waals surface area contributed by atoms with Crippen LogP contribution in [0.4, 0.5) is 0 Å². The maximum absolute atomic E-state index is 10.3. The number of nitrogens with zero attached hydrogens (tertiary/aromatic N) is 1. The lowest BCUT2D eigenvalue weighted by molar-refractivity contribution is -0.117. The molecule has 2 aliphatic heterocycles. The van der Waals surface area contributed by atoms with Crippen LogP contribution in [0.15, 0.2) is 0 Å². The van der Waals surface area contributed by atoms with Crippen molar-refractivity contribution >= 4 is 19.0 Å². The first-order valence-electron chi connectivity index (χ1n) is 3.32. The molecule has 2 heterocycles. The number of hydrogen-bond donors (Lipinski definition) is 1. The van der Waals surface area contributed by atoms with Gasteiger partial charge in [-0.15, -0.1) is 12.6 Å². The zero-order chi connectivity index (χ0) is 7.19. The molecule has 56 valence electrons. The first-order valence-corrected chi connectivity index (χ1v) is 3.84. The van der Waals surface area contributed by atoms with Crippen LogP contribution in [0.2, 0.25) is 0 Å². The molecule has 2 aliphatic rings. The predicted octanol–water partition coefficient (Wildman–Crippen LogP) is -0.127.